The quantitative estimate of drug-likeness (QED) is 0.656. The van der Waals surface area contributed by atoms with Crippen molar-refractivity contribution in [2.75, 3.05) is 7.11 Å². The van der Waals surface area contributed by atoms with Crippen LogP contribution in [0.15, 0.2) is 12.1 Å². The van der Waals surface area contributed by atoms with E-state index in [1.165, 1.54) is 19.6 Å². The Morgan fingerprint density at radius 3 is 2.52 bits per heavy atom. The average molecular weight is 317 g/mol. The maximum Gasteiger partial charge on any atom is 0.314 e. The number of phenolic OH excluding ortho intramolecular Hbond substituents is 1. The first-order valence-electron chi connectivity index (χ1n) is 6.85. The Labute approximate surface area is 129 Å². The van der Waals surface area contributed by atoms with Crippen molar-refractivity contribution in [2.45, 2.75) is 38.1 Å². The maximum absolute atomic E-state index is 11.0. The van der Waals surface area contributed by atoms with Gasteiger partial charge in [-0.2, -0.15) is 0 Å². The smallest absolute Gasteiger partial charge is 0.314 e. The fourth-order valence-electron chi connectivity index (χ4n) is 2.87. The van der Waals surface area contributed by atoms with Crippen LogP contribution in [0.1, 0.15) is 43.7 Å². The Morgan fingerprint density at radius 1 is 1.38 bits per heavy atom. The molecule has 1 aromatic carbocycles. The van der Waals surface area contributed by atoms with Gasteiger partial charge in [0, 0.05) is 12.1 Å². The number of nitro benzene ring substituents is 1. The summed E-state index contributed by atoms with van der Waals surface area (Å²) >= 11 is 0. The highest BCUT2D eigenvalue weighted by molar-refractivity contribution is 5.85. The van der Waals surface area contributed by atoms with Crippen molar-refractivity contribution >= 4 is 18.1 Å². The lowest BCUT2D eigenvalue weighted by Crippen LogP contribution is -2.23. The fourth-order valence-corrected chi connectivity index (χ4v) is 2.87. The van der Waals surface area contributed by atoms with E-state index < -0.39 is 10.7 Å². The van der Waals surface area contributed by atoms with E-state index in [1.807, 2.05) is 0 Å². The molecule has 2 rings (SSSR count). The zero-order valence-electron chi connectivity index (χ0n) is 11.9. The number of hydrogen-bond acceptors (Lipinski definition) is 5. The van der Waals surface area contributed by atoms with Crippen molar-refractivity contribution in [3.63, 3.8) is 0 Å². The molecule has 1 aromatic rings. The van der Waals surface area contributed by atoms with Gasteiger partial charge in [-0.15, -0.1) is 12.4 Å². The molecule has 0 saturated heterocycles. The molecule has 7 heteroatoms. The number of hydrogen-bond donors (Lipinski definition) is 2. The van der Waals surface area contributed by atoms with Crippen LogP contribution in [0.3, 0.4) is 0 Å². The molecule has 0 spiro atoms. The first kappa shape index (κ1) is 17.5. The van der Waals surface area contributed by atoms with Crippen LogP contribution in [-0.2, 0) is 0 Å². The summed E-state index contributed by atoms with van der Waals surface area (Å²) < 4.78 is 5.00. The second kappa shape index (κ2) is 7.47. The molecule has 0 aliphatic heterocycles. The standard InChI is InChI=1S/C14H20N2O4.ClH/c1-20-12-8-10(7-11(14(12)17)16(18)19)13(15)9-5-3-2-4-6-9;/h7-9,13,17H,2-6,15H2,1H3;1H/t13-;/m0./s1. The lowest BCUT2D eigenvalue weighted by atomic mass is 9.81. The Kier molecular flexibility index (Phi) is 6.23. The Balaban J connectivity index is 0.00000220. The monoisotopic (exact) mass is 316 g/mol. The van der Waals surface area contributed by atoms with Crippen molar-refractivity contribution in [2.24, 2.45) is 11.7 Å². The number of phenols is 1. The summed E-state index contributed by atoms with van der Waals surface area (Å²) in [6.07, 6.45) is 5.60. The third-order valence-electron chi connectivity index (χ3n) is 4.04. The Hall–Kier alpha value is -1.53. The molecule has 0 aromatic heterocycles. The molecule has 0 amide bonds. The predicted octanol–water partition coefficient (Wildman–Crippen LogP) is 3.31. The van der Waals surface area contributed by atoms with Crippen molar-refractivity contribution in [1.29, 1.82) is 0 Å². The van der Waals surface area contributed by atoms with Gasteiger partial charge in [0.25, 0.3) is 0 Å². The summed E-state index contributed by atoms with van der Waals surface area (Å²) in [6.45, 7) is 0. The van der Waals surface area contributed by atoms with Crippen LogP contribution >= 0.6 is 12.4 Å². The molecule has 1 atom stereocenters. The second-order valence-electron chi connectivity index (χ2n) is 5.27. The third-order valence-corrected chi connectivity index (χ3v) is 4.04. The SMILES string of the molecule is COc1cc([C@@H](N)C2CCCCC2)cc([N+](=O)[O-])c1O.Cl. The molecule has 118 valence electrons. The van der Waals surface area contributed by atoms with Crippen LogP contribution in [-0.4, -0.2) is 17.1 Å². The van der Waals surface area contributed by atoms with Gasteiger partial charge in [0.1, 0.15) is 0 Å². The molecule has 1 fully saturated rings. The summed E-state index contributed by atoms with van der Waals surface area (Å²) in [6, 6.07) is 2.70. The molecule has 1 saturated carbocycles. The van der Waals surface area contributed by atoms with E-state index in [9.17, 15) is 15.2 Å². The van der Waals surface area contributed by atoms with Crippen molar-refractivity contribution < 1.29 is 14.8 Å². The Morgan fingerprint density at radius 2 is 2.00 bits per heavy atom. The first-order chi connectivity index (χ1) is 9.54. The zero-order chi connectivity index (χ0) is 14.7. The topological polar surface area (TPSA) is 98.6 Å². The predicted molar refractivity (Wildman–Crippen MR) is 82.1 cm³/mol. The summed E-state index contributed by atoms with van der Waals surface area (Å²) in [5.41, 5.74) is 6.55. The Bertz CT molecular complexity index is 504. The zero-order valence-corrected chi connectivity index (χ0v) is 12.8. The molecule has 21 heavy (non-hydrogen) atoms. The second-order valence-corrected chi connectivity index (χ2v) is 5.27. The van der Waals surface area contributed by atoms with Gasteiger partial charge < -0.3 is 15.6 Å². The molecular weight excluding hydrogens is 296 g/mol. The number of rotatable bonds is 4. The normalized spacial score (nSPS) is 16.9. The van der Waals surface area contributed by atoms with Crippen molar-refractivity contribution in [3.05, 3.63) is 27.8 Å². The van der Waals surface area contributed by atoms with Crippen molar-refractivity contribution in [1.82, 2.24) is 0 Å². The van der Waals surface area contributed by atoms with Crippen LogP contribution in [0.4, 0.5) is 5.69 Å². The van der Waals surface area contributed by atoms with Gasteiger partial charge in [-0.25, -0.2) is 0 Å². The number of nitrogens with zero attached hydrogens (tertiary/aromatic N) is 1. The highest BCUT2D eigenvalue weighted by Gasteiger charge is 2.26. The van der Waals surface area contributed by atoms with Crippen LogP contribution in [0.25, 0.3) is 0 Å². The summed E-state index contributed by atoms with van der Waals surface area (Å²) in [5.74, 6) is -0.0184. The molecule has 1 aliphatic carbocycles. The molecule has 1 aliphatic rings. The number of aromatic hydroxyl groups is 1. The number of methoxy groups -OCH3 is 1. The maximum atomic E-state index is 11.0. The van der Waals surface area contributed by atoms with Gasteiger partial charge in [0.15, 0.2) is 5.75 Å². The molecule has 0 bridgehead atoms. The number of ether oxygens (including phenoxy) is 1. The molecule has 0 unspecified atom stereocenters. The van der Waals surface area contributed by atoms with E-state index in [1.54, 1.807) is 6.07 Å². The van der Waals surface area contributed by atoms with Gasteiger partial charge in [-0.05, 0) is 30.4 Å². The van der Waals surface area contributed by atoms with Crippen LogP contribution in [0.5, 0.6) is 11.5 Å². The molecular formula is C14H21ClN2O4. The number of nitro groups is 1. The number of nitrogens with two attached hydrogens (primary N) is 1. The fraction of sp³-hybridized carbons (Fsp3) is 0.571. The van der Waals surface area contributed by atoms with Crippen LogP contribution in [0.2, 0.25) is 0 Å². The highest BCUT2D eigenvalue weighted by Crippen LogP contribution is 2.41. The first-order valence-corrected chi connectivity index (χ1v) is 6.85. The summed E-state index contributed by atoms with van der Waals surface area (Å²) in [5, 5.41) is 20.8. The lowest BCUT2D eigenvalue weighted by molar-refractivity contribution is -0.386. The lowest BCUT2D eigenvalue weighted by Gasteiger charge is -2.27. The van der Waals surface area contributed by atoms with E-state index in [0.717, 1.165) is 25.7 Å². The molecule has 0 heterocycles. The van der Waals surface area contributed by atoms with Gasteiger partial charge in [0.05, 0.1) is 12.0 Å². The van der Waals surface area contributed by atoms with E-state index >= 15 is 0 Å². The minimum atomic E-state index is -0.616. The van der Waals surface area contributed by atoms with Crippen LogP contribution in [0, 0.1) is 16.0 Å². The third kappa shape index (κ3) is 3.77. The average Bonchev–Trinajstić information content (AvgIpc) is 2.47. The minimum Gasteiger partial charge on any atom is -0.500 e. The van der Waals surface area contributed by atoms with E-state index in [4.69, 9.17) is 10.5 Å². The summed E-state index contributed by atoms with van der Waals surface area (Å²) in [7, 11) is 1.37. The molecule has 6 nitrogen and oxygen atoms in total. The van der Waals surface area contributed by atoms with Gasteiger partial charge >= 0.3 is 5.69 Å². The molecule has 3 N–H and O–H groups in total. The summed E-state index contributed by atoms with van der Waals surface area (Å²) in [4.78, 5) is 10.4. The number of benzene rings is 1. The van der Waals surface area contributed by atoms with Crippen LogP contribution < -0.4 is 10.5 Å². The van der Waals surface area contributed by atoms with E-state index in [0.29, 0.717) is 11.5 Å². The largest absolute Gasteiger partial charge is 0.500 e. The van der Waals surface area contributed by atoms with E-state index in [2.05, 4.69) is 0 Å². The van der Waals surface area contributed by atoms with Gasteiger partial charge in [-0.1, -0.05) is 19.3 Å². The van der Waals surface area contributed by atoms with Crippen molar-refractivity contribution in [3.8, 4) is 11.5 Å². The highest BCUT2D eigenvalue weighted by atomic mass is 35.5. The minimum absolute atomic E-state index is 0. The molecule has 0 radical (unpaired) electrons. The van der Waals surface area contributed by atoms with Gasteiger partial charge in [0.2, 0.25) is 5.75 Å². The van der Waals surface area contributed by atoms with E-state index in [-0.39, 0.29) is 29.9 Å². The number of halogens is 1. The van der Waals surface area contributed by atoms with Gasteiger partial charge in [-0.3, -0.25) is 10.1 Å².